The molecule has 0 saturated carbocycles. The van der Waals surface area contributed by atoms with Crippen LogP contribution in [0.1, 0.15) is 0 Å². The number of anilines is 1. The molecule has 25 heavy (non-hydrogen) atoms. The Kier molecular flexibility index (Phi) is 5.00. The molecule has 1 atom stereocenters. The van der Waals surface area contributed by atoms with E-state index in [2.05, 4.69) is 26.2 Å². The lowest BCUT2D eigenvalue weighted by molar-refractivity contribution is -0.130. The highest BCUT2D eigenvalue weighted by Crippen LogP contribution is 2.23. The molecule has 1 fully saturated rings. The summed E-state index contributed by atoms with van der Waals surface area (Å²) in [6.45, 7) is 0. The van der Waals surface area contributed by atoms with Gasteiger partial charge in [0.15, 0.2) is 11.0 Å². The van der Waals surface area contributed by atoms with E-state index in [0.717, 1.165) is 10.7 Å². The van der Waals surface area contributed by atoms with Gasteiger partial charge in [-0.25, -0.2) is 4.39 Å². The number of nitrogens with one attached hydrogen (secondary N) is 1. The van der Waals surface area contributed by atoms with Crippen molar-refractivity contribution in [1.82, 2.24) is 5.32 Å². The van der Waals surface area contributed by atoms with Crippen molar-refractivity contribution in [3.63, 3.8) is 0 Å². The molecule has 1 N–H and O–H groups in total. The predicted molar refractivity (Wildman–Crippen MR) is 100 cm³/mol. The Labute approximate surface area is 156 Å². The normalized spacial score (nSPS) is 17.9. The Balaban J connectivity index is 1.90. The van der Waals surface area contributed by atoms with E-state index in [1.807, 2.05) is 0 Å². The lowest BCUT2D eigenvalue weighted by Gasteiger charge is -2.30. The number of halogens is 2. The molecule has 0 radical (unpaired) electrons. The zero-order chi connectivity index (χ0) is 18.0. The van der Waals surface area contributed by atoms with Gasteiger partial charge in [0.1, 0.15) is 5.82 Å². The smallest absolute Gasteiger partial charge is 0.251 e. The minimum atomic E-state index is -1.20. The standard InChI is InChI=1S/C17H11BrFN3O2S/c18-10-5-7-11(8-6-10)22-16(24)12(15(23)21-17(22)25)9-20-14-4-2-1-3-13(14)19/h1-9,12H,(H,21,23,25)/t12-/m1/s1. The van der Waals surface area contributed by atoms with Crippen LogP contribution in [0.5, 0.6) is 0 Å². The first kappa shape index (κ1) is 17.4. The Morgan fingerprint density at radius 3 is 2.52 bits per heavy atom. The fraction of sp³-hybridized carbons (Fsp3) is 0.0588. The van der Waals surface area contributed by atoms with Crippen molar-refractivity contribution in [2.45, 2.75) is 0 Å². The molecule has 0 spiro atoms. The summed E-state index contributed by atoms with van der Waals surface area (Å²) in [6.07, 6.45) is 1.13. The Hall–Kier alpha value is -2.45. The molecule has 0 aromatic heterocycles. The maximum Gasteiger partial charge on any atom is 0.251 e. The van der Waals surface area contributed by atoms with Crippen LogP contribution in [0, 0.1) is 11.7 Å². The van der Waals surface area contributed by atoms with Crippen molar-refractivity contribution in [2.24, 2.45) is 10.9 Å². The van der Waals surface area contributed by atoms with E-state index in [-0.39, 0.29) is 10.8 Å². The Morgan fingerprint density at radius 2 is 1.84 bits per heavy atom. The third kappa shape index (κ3) is 3.64. The quantitative estimate of drug-likeness (QED) is 0.471. The molecule has 1 heterocycles. The van der Waals surface area contributed by atoms with Crippen LogP contribution in [0.25, 0.3) is 0 Å². The average Bonchev–Trinajstić information content (AvgIpc) is 2.57. The van der Waals surface area contributed by atoms with Crippen molar-refractivity contribution in [3.8, 4) is 0 Å². The van der Waals surface area contributed by atoms with Crippen LogP contribution in [-0.2, 0) is 9.59 Å². The number of rotatable bonds is 3. The van der Waals surface area contributed by atoms with Gasteiger partial charge in [-0.1, -0.05) is 28.1 Å². The molecule has 5 nitrogen and oxygen atoms in total. The van der Waals surface area contributed by atoms with Crippen LogP contribution in [-0.4, -0.2) is 23.1 Å². The van der Waals surface area contributed by atoms with Crippen LogP contribution in [0.2, 0.25) is 0 Å². The first-order valence-corrected chi connectivity index (χ1v) is 8.40. The molecule has 2 aromatic rings. The molecule has 126 valence electrons. The number of hydrogen-bond acceptors (Lipinski definition) is 4. The first-order valence-electron chi connectivity index (χ1n) is 7.20. The lowest BCUT2D eigenvalue weighted by atomic mass is 10.1. The van der Waals surface area contributed by atoms with Gasteiger partial charge in [0, 0.05) is 10.7 Å². The summed E-state index contributed by atoms with van der Waals surface area (Å²) in [5.74, 6) is -2.88. The molecule has 0 bridgehead atoms. The number of carbonyl (C=O) groups excluding carboxylic acids is 2. The van der Waals surface area contributed by atoms with Gasteiger partial charge in [-0.3, -0.25) is 19.5 Å². The van der Waals surface area contributed by atoms with E-state index in [1.165, 1.54) is 23.1 Å². The van der Waals surface area contributed by atoms with E-state index in [1.54, 1.807) is 30.3 Å². The van der Waals surface area contributed by atoms with Crippen LogP contribution in [0.4, 0.5) is 15.8 Å². The molecule has 2 amide bonds. The van der Waals surface area contributed by atoms with E-state index >= 15 is 0 Å². The number of nitrogens with zero attached hydrogens (tertiary/aromatic N) is 2. The number of carbonyl (C=O) groups is 2. The highest BCUT2D eigenvalue weighted by molar-refractivity contribution is 9.10. The molecular formula is C17H11BrFN3O2S. The number of benzene rings is 2. The summed E-state index contributed by atoms with van der Waals surface area (Å²) in [7, 11) is 0. The Bertz CT molecular complexity index is 886. The number of aliphatic imine (C=N–C) groups is 1. The average molecular weight is 420 g/mol. The van der Waals surface area contributed by atoms with Gasteiger partial charge in [-0.05, 0) is 48.6 Å². The first-order chi connectivity index (χ1) is 12.0. The number of hydrogen-bond donors (Lipinski definition) is 1. The summed E-state index contributed by atoms with van der Waals surface area (Å²) < 4.78 is 14.5. The number of para-hydroxylation sites is 1. The van der Waals surface area contributed by atoms with Gasteiger partial charge in [0.25, 0.3) is 5.91 Å². The molecule has 8 heteroatoms. The summed E-state index contributed by atoms with van der Waals surface area (Å²) in [6, 6.07) is 12.7. The highest BCUT2D eigenvalue weighted by Gasteiger charge is 2.38. The SMILES string of the molecule is O=C1NC(=S)N(c2ccc(Br)cc2)C(=O)[C@@H]1C=Nc1ccccc1F. The van der Waals surface area contributed by atoms with Crippen LogP contribution in [0.3, 0.4) is 0 Å². The molecule has 0 unspecified atom stereocenters. The molecule has 0 aliphatic carbocycles. The van der Waals surface area contributed by atoms with Crippen molar-refractivity contribution < 1.29 is 14.0 Å². The molecular weight excluding hydrogens is 409 g/mol. The van der Waals surface area contributed by atoms with Gasteiger partial charge in [-0.15, -0.1) is 0 Å². The third-order valence-corrected chi connectivity index (χ3v) is 4.32. The number of amides is 2. The van der Waals surface area contributed by atoms with Crippen molar-refractivity contribution >= 4 is 62.7 Å². The van der Waals surface area contributed by atoms with E-state index in [9.17, 15) is 14.0 Å². The zero-order valence-corrected chi connectivity index (χ0v) is 15.1. The second-order valence-corrected chi connectivity index (χ2v) is 6.45. The zero-order valence-electron chi connectivity index (χ0n) is 12.6. The van der Waals surface area contributed by atoms with Gasteiger partial charge >= 0.3 is 0 Å². The van der Waals surface area contributed by atoms with E-state index in [4.69, 9.17) is 12.2 Å². The minimum absolute atomic E-state index is 0.00661. The molecule has 1 aliphatic heterocycles. The number of thiocarbonyl (C=S) groups is 1. The topological polar surface area (TPSA) is 61.8 Å². The van der Waals surface area contributed by atoms with Gasteiger partial charge in [0.2, 0.25) is 5.91 Å². The highest BCUT2D eigenvalue weighted by atomic mass is 79.9. The minimum Gasteiger partial charge on any atom is -0.301 e. The third-order valence-electron chi connectivity index (χ3n) is 3.50. The second kappa shape index (κ2) is 7.20. The van der Waals surface area contributed by atoms with Crippen molar-refractivity contribution in [3.05, 3.63) is 58.8 Å². The van der Waals surface area contributed by atoms with Gasteiger partial charge in [-0.2, -0.15) is 0 Å². The summed E-state index contributed by atoms with van der Waals surface area (Å²) in [4.78, 5) is 30.0. The van der Waals surface area contributed by atoms with E-state index < -0.39 is 23.5 Å². The second-order valence-electron chi connectivity index (χ2n) is 5.15. The fourth-order valence-electron chi connectivity index (χ4n) is 2.27. The molecule has 2 aromatic carbocycles. The van der Waals surface area contributed by atoms with Crippen LogP contribution >= 0.6 is 28.1 Å². The summed E-state index contributed by atoms with van der Waals surface area (Å²) in [5, 5.41) is 2.47. The molecule has 1 aliphatic rings. The summed E-state index contributed by atoms with van der Waals surface area (Å²) in [5.41, 5.74) is 0.564. The summed E-state index contributed by atoms with van der Waals surface area (Å²) >= 11 is 8.42. The Morgan fingerprint density at radius 1 is 1.16 bits per heavy atom. The molecule has 1 saturated heterocycles. The maximum absolute atomic E-state index is 13.6. The van der Waals surface area contributed by atoms with Gasteiger partial charge < -0.3 is 5.32 Å². The van der Waals surface area contributed by atoms with Crippen LogP contribution < -0.4 is 10.2 Å². The van der Waals surface area contributed by atoms with Gasteiger partial charge in [0.05, 0.1) is 11.4 Å². The van der Waals surface area contributed by atoms with E-state index in [0.29, 0.717) is 5.69 Å². The van der Waals surface area contributed by atoms with Crippen molar-refractivity contribution in [1.29, 1.82) is 0 Å². The monoisotopic (exact) mass is 419 g/mol. The lowest BCUT2D eigenvalue weighted by Crippen LogP contribution is -2.58. The maximum atomic E-state index is 13.6. The van der Waals surface area contributed by atoms with Crippen molar-refractivity contribution in [2.75, 3.05) is 4.90 Å². The largest absolute Gasteiger partial charge is 0.301 e. The predicted octanol–water partition coefficient (Wildman–Crippen LogP) is 3.35. The van der Waals surface area contributed by atoms with Crippen LogP contribution in [0.15, 0.2) is 58.0 Å². The molecule has 3 rings (SSSR count). The fourth-order valence-corrected chi connectivity index (χ4v) is 2.83.